The van der Waals surface area contributed by atoms with E-state index >= 15 is 0 Å². The van der Waals surface area contributed by atoms with Gasteiger partial charge in [0, 0.05) is 12.1 Å². The van der Waals surface area contributed by atoms with Crippen LogP contribution in [0, 0.1) is 0 Å². The van der Waals surface area contributed by atoms with Crippen LogP contribution in [-0.2, 0) is 9.59 Å². The van der Waals surface area contributed by atoms with E-state index in [1.54, 1.807) is 36.4 Å². The van der Waals surface area contributed by atoms with Gasteiger partial charge in [0.05, 0.1) is 11.9 Å². The number of phenols is 2. The minimum absolute atomic E-state index is 0.0341. The Kier molecular flexibility index (Phi) is 6.70. The van der Waals surface area contributed by atoms with Gasteiger partial charge in [0.25, 0.3) is 0 Å². The van der Waals surface area contributed by atoms with E-state index in [9.17, 15) is 19.8 Å². The van der Waals surface area contributed by atoms with Crippen LogP contribution < -0.4 is 10.2 Å². The van der Waals surface area contributed by atoms with Gasteiger partial charge in [-0.2, -0.15) is 5.10 Å². The van der Waals surface area contributed by atoms with Crippen molar-refractivity contribution in [3.8, 4) is 11.5 Å². The zero-order valence-electron chi connectivity index (χ0n) is 17.3. The summed E-state index contributed by atoms with van der Waals surface area (Å²) in [5, 5.41) is 29.7. The van der Waals surface area contributed by atoms with E-state index in [2.05, 4.69) is 15.5 Å². The summed E-state index contributed by atoms with van der Waals surface area (Å²) in [6.45, 7) is 0. The number of carbonyl (C=O) groups excluding carboxylic acids is 2. The first-order valence-electron chi connectivity index (χ1n) is 10.0. The Morgan fingerprint density at radius 3 is 2.27 bits per heavy atom. The molecule has 1 atom stereocenters. The first-order valence-corrected chi connectivity index (χ1v) is 10.9. The molecule has 9 heteroatoms. The number of carbonyl (C=O) groups is 2. The summed E-state index contributed by atoms with van der Waals surface area (Å²) >= 11 is 1.15. The van der Waals surface area contributed by atoms with Gasteiger partial charge in [-0.05, 0) is 66.2 Å². The minimum Gasteiger partial charge on any atom is -0.508 e. The molecule has 1 heterocycles. The highest BCUT2D eigenvalue weighted by molar-refractivity contribution is 8.16. The third-order valence-corrected chi connectivity index (χ3v) is 5.84. The second kappa shape index (κ2) is 10.0. The molecule has 33 heavy (non-hydrogen) atoms. The maximum absolute atomic E-state index is 13.2. The Morgan fingerprint density at radius 1 is 0.970 bits per heavy atom. The van der Waals surface area contributed by atoms with Crippen molar-refractivity contribution >= 4 is 46.3 Å². The van der Waals surface area contributed by atoms with Crippen molar-refractivity contribution in [3.05, 3.63) is 84.4 Å². The molecular formula is C24H20N4O4S. The Morgan fingerprint density at radius 2 is 1.61 bits per heavy atom. The highest BCUT2D eigenvalue weighted by Gasteiger charge is 2.40. The first-order chi connectivity index (χ1) is 16.0. The molecule has 3 aromatic carbocycles. The van der Waals surface area contributed by atoms with Crippen molar-refractivity contribution < 1.29 is 19.8 Å². The number of hydrogen-bond donors (Lipinski definition) is 3. The van der Waals surface area contributed by atoms with Crippen LogP contribution in [0.25, 0.3) is 0 Å². The first kappa shape index (κ1) is 22.1. The molecule has 0 aromatic heterocycles. The fourth-order valence-corrected chi connectivity index (χ4v) is 4.20. The molecule has 1 saturated heterocycles. The quantitative estimate of drug-likeness (QED) is 0.380. The van der Waals surface area contributed by atoms with Gasteiger partial charge in [0.2, 0.25) is 11.8 Å². The van der Waals surface area contributed by atoms with Gasteiger partial charge >= 0.3 is 0 Å². The highest BCUT2D eigenvalue weighted by Crippen LogP contribution is 2.34. The number of nitrogens with zero attached hydrogens (tertiary/aromatic N) is 3. The number of thioether (sulfide) groups is 1. The number of aromatic hydroxyl groups is 2. The van der Waals surface area contributed by atoms with Crippen molar-refractivity contribution in [2.45, 2.75) is 11.7 Å². The normalized spacial score (nSPS) is 17.1. The van der Waals surface area contributed by atoms with Crippen LogP contribution in [0.2, 0.25) is 0 Å². The molecule has 0 saturated carbocycles. The predicted molar refractivity (Wildman–Crippen MR) is 130 cm³/mol. The number of para-hydroxylation sites is 1. The van der Waals surface area contributed by atoms with Crippen LogP contribution in [0.4, 0.5) is 11.4 Å². The second-order valence-corrected chi connectivity index (χ2v) is 8.30. The third kappa shape index (κ3) is 5.58. The number of nitrogens with one attached hydrogen (secondary N) is 1. The largest absolute Gasteiger partial charge is 0.508 e. The Labute approximate surface area is 194 Å². The number of hydrogen-bond acceptors (Lipinski definition) is 7. The van der Waals surface area contributed by atoms with Crippen LogP contribution in [0.3, 0.4) is 0 Å². The number of amidine groups is 1. The fourth-order valence-electron chi connectivity index (χ4n) is 3.11. The van der Waals surface area contributed by atoms with Gasteiger partial charge in [-0.3, -0.25) is 14.5 Å². The van der Waals surface area contributed by atoms with Crippen LogP contribution in [0.15, 0.2) is 89.1 Å². The number of benzene rings is 3. The van der Waals surface area contributed by atoms with Crippen LogP contribution >= 0.6 is 11.8 Å². The number of phenolic OH excluding ortho intramolecular Hbond substituents is 2. The SMILES string of the molecule is O=C(CC1SC(=N/N=C/c2ccc(O)cc2)N(c2ccc(O)cc2)C1=O)Nc1ccccc1. The zero-order chi connectivity index (χ0) is 23.2. The van der Waals surface area contributed by atoms with Crippen molar-refractivity contribution in [2.75, 3.05) is 10.2 Å². The van der Waals surface area contributed by atoms with Gasteiger partial charge < -0.3 is 15.5 Å². The van der Waals surface area contributed by atoms with E-state index in [0.29, 0.717) is 16.5 Å². The molecule has 166 valence electrons. The van der Waals surface area contributed by atoms with E-state index in [0.717, 1.165) is 17.3 Å². The summed E-state index contributed by atoms with van der Waals surface area (Å²) in [6, 6.07) is 21.6. The average molecular weight is 461 g/mol. The lowest BCUT2D eigenvalue weighted by molar-refractivity contribution is -0.121. The van der Waals surface area contributed by atoms with Gasteiger partial charge in [-0.1, -0.05) is 30.0 Å². The molecule has 1 aliphatic heterocycles. The molecule has 3 N–H and O–H groups in total. The molecule has 1 unspecified atom stereocenters. The number of amides is 2. The maximum Gasteiger partial charge on any atom is 0.247 e. The minimum atomic E-state index is -0.676. The van der Waals surface area contributed by atoms with Gasteiger partial charge in [0.1, 0.15) is 16.7 Å². The maximum atomic E-state index is 13.2. The summed E-state index contributed by atoms with van der Waals surface area (Å²) < 4.78 is 0. The molecular weight excluding hydrogens is 440 g/mol. The number of anilines is 2. The molecule has 2 amide bonds. The predicted octanol–water partition coefficient (Wildman–Crippen LogP) is 3.97. The van der Waals surface area contributed by atoms with Crippen LogP contribution in [0.1, 0.15) is 12.0 Å². The van der Waals surface area contributed by atoms with Gasteiger partial charge in [0.15, 0.2) is 5.17 Å². The Bertz CT molecular complexity index is 1200. The average Bonchev–Trinajstić information content (AvgIpc) is 3.11. The lowest BCUT2D eigenvalue weighted by atomic mass is 10.2. The van der Waals surface area contributed by atoms with Gasteiger partial charge in [-0.25, -0.2) is 0 Å². The standard InChI is InChI=1S/C24H20N4O4S/c29-19-10-6-16(7-11-19)15-25-27-24-28(18-8-12-20(30)13-9-18)23(32)21(33-24)14-22(31)26-17-4-2-1-3-5-17/h1-13,15,21,29-30H,14H2,(H,26,31)/b25-15+,27-24?. The monoisotopic (exact) mass is 460 g/mol. The molecule has 0 radical (unpaired) electrons. The molecule has 0 aliphatic carbocycles. The molecule has 4 rings (SSSR count). The smallest absolute Gasteiger partial charge is 0.247 e. The molecule has 3 aromatic rings. The molecule has 1 aliphatic rings. The van der Waals surface area contributed by atoms with E-state index in [1.165, 1.54) is 35.4 Å². The van der Waals surface area contributed by atoms with Crippen molar-refractivity contribution in [1.29, 1.82) is 0 Å². The van der Waals surface area contributed by atoms with E-state index in [1.807, 2.05) is 18.2 Å². The second-order valence-electron chi connectivity index (χ2n) is 7.13. The Hall–Kier alpha value is -4.11. The topological polar surface area (TPSA) is 115 Å². The van der Waals surface area contributed by atoms with Crippen LogP contribution in [0.5, 0.6) is 11.5 Å². The Balaban J connectivity index is 1.54. The zero-order valence-corrected chi connectivity index (χ0v) is 18.1. The highest BCUT2D eigenvalue weighted by atomic mass is 32.2. The molecule has 1 fully saturated rings. The van der Waals surface area contributed by atoms with E-state index in [-0.39, 0.29) is 29.7 Å². The summed E-state index contributed by atoms with van der Waals surface area (Å²) in [5.41, 5.74) is 1.89. The summed E-state index contributed by atoms with van der Waals surface area (Å²) in [4.78, 5) is 27.1. The molecule has 0 bridgehead atoms. The molecule has 8 nitrogen and oxygen atoms in total. The summed E-state index contributed by atoms with van der Waals surface area (Å²) in [6.07, 6.45) is 1.47. The third-order valence-electron chi connectivity index (χ3n) is 4.71. The van der Waals surface area contributed by atoms with Crippen LogP contribution in [-0.4, -0.2) is 38.7 Å². The van der Waals surface area contributed by atoms with Crippen molar-refractivity contribution in [2.24, 2.45) is 10.2 Å². The summed E-state index contributed by atoms with van der Waals surface area (Å²) in [5.74, 6) is -0.370. The van der Waals surface area contributed by atoms with E-state index < -0.39 is 5.25 Å². The van der Waals surface area contributed by atoms with Crippen molar-refractivity contribution in [1.82, 2.24) is 0 Å². The van der Waals surface area contributed by atoms with E-state index in [4.69, 9.17) is 0 Å². The summed E-state index contributed by atoms with van der Waals surface area (Å²) in [7, 11) is 0. The fraction of sp³-hybridized carbons (Fsp3) is 0.0833. The lowest BCUT2D eigenvalue weighted by Crippen LogP contribution is -2.33. The van der Waals surface area contributed by atoms with Crippen molar-refractivity contribution in [3.63, 3.8) is 0 Å². The number of rotatable bonds is 6. The molecule has 0 spiro atoms. The van der Waals surface area contributed by atoms with Gasteiger partial charge in [-0.15, -0.1) is 5.10 Å². The lowest BCUT2D eigenvalue weighted by Gasteiger charge is -2.15.